The summed E-state index contributed by atoms with van der Waals surface area (Å²) >= 11 is 3.40. The fourth-order valence-electron chi connectivity index (χ4n) is 2.29. The van der Waals surface area contributed by atoms with Crippen LogP contribution in [0.15, 0.2) is 41.0 Å². The normalized spacial score (nSPS) is 12.9. The molecule has 0 atom stereocenters. The Labute approximate surface area is 121 Å². The summed E-state index contributed by atoms with van der Waals surface area (Å²) in [7, 11) is 2.06. The van der Waals surface area contributed by atoms with E-state index in [1.807, 2.05) is 18.3 Å². The molecular formula is C15H15BrN2O. The molecule has 0 aliphatic carbocycles. The first-order valence-corrected chi connectivity index (χ1v) is 7.09. The Morgan fingerprint density at radius 2 is 2.21 bits per heavy atom. The Morgan fingerprint density at radius 1 is 1.32 bits per heavy atom. The van der Waals surface area contributed by atoms with Crippen LogP contribution in [0.25, 0.3) is 0 Å². The largest absolute Gasteiger partial charge is 0.493 e. The number of fused-ring (bicyclic) bond motifs is 1. The molecular weight excluding hydrogens is 304 g/mol. The molecule has 0 unspecified atom stereocenters. The smallest absolute Gasteiger partial charge is 0.128 e. The van der Waals surface area contributed by atoms with Crippen LogP contribution in [0.2, 0.25) is 0 Å². The minimum absolute atomic E-state index is 0.808. The van der Waals surface area contributed by atoms with Crippen LogP contribution in [0.5, 0.6) is 5.75 Å². The highest BCUT2D eigenvalue weighted by Crippen LogP contribution is 2.26. The zero-order chi connectivity index (χ0) is 13.2. The lowest BCUT2D eigenvalue weighted by atomic mass is 10.1. The first kappa shape index (κ1) is 12.5. The van der Waals surface area contributed by atoms with Crippen LogP contribution in [0.4, 0.5) is 5.82 Å². The maximum absolute atomic E-state index is 5.53. The van der Waals surface area contributed by atoms with E-state index < -0.39 is 0 Å². The summed E-state index contributed by atoms with van der Waals surface area (Å²) in [6, 6.07) is 10.5. The minimum atomic E-state index is 0.808. The zero-order valence-corrected chi connectivity index (χ0v) is 12.4. The van der Waals surface area contributed by atoms with Crippen molar-refractivity contribution in [1.29, 1.82) is 0 Å². The third kappa shape index (κ3) is 2.73. The van der Waals surface area contributed by atoms with Gasteiger partial charge in [-0.2, -0.15) is 0 Å². The summed E-state index contributed by atoms with van der Waals surface area (Å²) in [6.45, 7) is 1.66. The van der Waals surface area contributed by atoms with Gasteiger partial charge in [0, 0.05) is 30.7 Å². The van der Waals surface area contributed by atoms with Gasteiger partial charge in [0.15, 0.2) is 0 Å². The second kappa shape index (κ2) is 5.21. The zero-order valence-electron chi connectivity index (χ0n) is 10.8. The maximum atomic E-state index is 5.53. The monoisotopic (exact) mass is 318 g/mol. The second-order valence-corrected chi connectivity index (χ2v) is 5.65. The summed E-state index contributed by atoms with van der Waals surface area (Å²) in [5.41, 5.74) is 2.60. The van der Waals surface area contributed by atoms with Crippen molar-refractivity contribution in [2.45, 2.75) is 13.0 Å². The molecule has 98 valence electrons. The third-order valence-corrected chi connectivity index (χ3v) is 3.75. The molecule has 0 fully saturated rings. The minimum Gasteiger partial charge on any atom is -0.493 e. The van der Waals surface area contributed by atoms with Crippen molar-refractivity contribution in [3.05, 3.63) is 52.1 Å². The fourth-order valence-corrected chi connectivity index (χ4v) is 2.52. The molecule has 2 aromatic rings. The van der Waals surface area contributed by atoms with Gasteiger partial charge in [0.25, 0.3) is 0 Å². The van der Waals surface area contributed by atoms with E-state index in [0.29, 0.717) is 0 Å². The van der Waals surface area contributed by atoms with E-state index >= 15 is 0 Å². The molecule has 0 amide bonds. The van der Waals surface area contributed by atoms with Crippen LogP contribution in [0.3, 0.4) is 0 Å². The number of aromatic nitrogens is 1. The van der Waals surface area contributed by atoms with E-state index in [4.69, 9.17) is 4.74 Å². The molecule has 0 saturated carbocycles. The molecule has 0 N–H and O–H groups in total. The van der Waals surface area contributed by atoms with Crippen molar-refractivity contribution < 1.29 is 4.74 Å². The number of halogens is 1. The number of hydrogen-bond acceptors (Lipinski definition) is 3. The predicted octanol–water partition coefficient (Wildman–Crippen LogP) is 3.42. The summed E-state index contributed by atoms with van der Waals surface area (Å²) in [5, 5.41) is 0. The average molecular weight is 319 g/mol. The SMILES string of the molecule is CN(Cc1ccc2c(c1)CCO2)c1ccc(Br)cn1. The molecule has 0 radical (unpaired) electrons. The fraction of sp³-hybridized carbons (Fsp3) is 0.267. The summed E-state index contributed by atoms with van der Waals surface area (Å²) in [4.78, 5) is 6.54. The van der Waals surface area contributed by atoms with Crippen LogP contribution >= 0.6 is 15.9 Å². The molecule has 0 saturated heterocycles. The van der Waals surface area contributed by atoms with Crippen molar-refractivity contribution in [3.8, 4) is 5.75 Å². The topological polar surface area (TPSA) is 25.4 Å². The Hall–Kier alpha value is -1.55. The Balaban J connectivity index is 1.75. The third-order valence-electron chi connectivity index (χ3n) is 3.28. The number of pyridine rings is 1. The van der Waals surface area contributed by atoms with Crippen molar-refractivity contribution in [2.24, 2.45) is 0 Å². The molecule has 4 heteroatoms. The number of benzene rings is 1. The van der Waals surface area contributed by atoms with Crippen molar-refractivity contribution in [2.75, 3.05) is 18.6 Å². The van der Waals surface area contributed by atoms with Crippen LogP contribution in [-0.4, -0.2) is 18.6 Å². The van der Waals surface area contributed by atoms with Crippen LogP contribution in [0, 0.1) is 0 Å². The van der Waals surface area contributed by atoms with E-state index in [1.54, 1.807) is 0 Å². The number of nitrogens with zero attached hydrogens (tertiary/aromatic N) is 2. The van der Waals surface area contributed by atoms with E-state index in [-0.39, 0.29) is 0 Å². The predicted molar refractivity (Wildman–Crippen MR) is 79.7 cm³/mol. The Morgan fingerprint density at radius 3 is 3.00 bits per heavy atom. The summed E-state index contributed by atoms with van der Waals surface area (Å²) < 4.78 is 6.52. The number of ether oxygens (including phenoxy) is 1. The van der Waals surface area contributed by atoms with E-state index in [0.717, 1.165) is 35.6 Å². The van der Waals surface area contributed by atoms with Crippen LogP contribution < -0.4 is 9.64 Å². The van der Waals surface area contributed by atoms with E-state index in [1.165, 1.54) is 11.1 Å². The van der Waals surface area contributed by atoms with Gasteiger partial charge in [0.1, 0.15) is 11.6 Å². The molecule has 1 aliphatic rings. The lowest BCUT2D eigenvalue weighted by Crippen LogP contribution is -2.17. The number of hydrogen-bond donors (Lipinski definition) is 0. The molecule has 1 aromatic carbocycles. The van der Waals surface area contributed by atoms with Gasteiger partial charge in [0.2, 0.25) is 0 Å². The van der Waals surface area contributed by atoms with Gasteiger partial charge < -0.3 is 9.64 Å². The van der Waals surface area contributed by atoms with Crippen LogP contribution in [0.1, 0.15) is 11.1 Å². The Kier molecular flexibility index (Phi) is 3.42. The van der Waals surface area contributed by atoms with Gasteiger partial charge >= 0.3 is 0 Å². The van der Waals surface area contributed by atoms with Crippen molar-refractivity contribution in [1.82, 2.24) is 4.98 Å². The van der Waals surface area contributed by atoms with Gasteiger partial charge in [-0.3, -0.25) is 0 Å². The molecule has 19 heavy (non-hydrogen) atoms. The molecule has 1 aromatic heterocycles. The van der Waals surface area contributed by atoms with E-state index in [2.05, 4.69) is 51.1 Å². The van der Waals surface area contributed by atoms with Gasteiger partial charge in [-0.25, -0.2) is 4.98 Å². The molecule has 3 nitrogen and oxygen atoms in total. The highest BCUT2D eigenvalue weighted by atomic mass is 79.9. The number of anilines is 1. The number of rotatable bonds is 3. The molecule has 1 aliphatic heterocycles. The van der Waals surface area contributed by atoms with Gasteiger partial charge in [0.05, 0.1) is 6.61 Å². The second-order valence-electron chi connectivity index (χ2n) is 4.73. The molecule has 2 heterocycles. The molecule has 0 spiro atoms. The van der Waals surface area contributed by atoms with E-state index in [9.17, 15) is 0 Å². The quantitative estimate of drug-likeness (QED) is 0.867. The molecule has 0 bridgehead atoms. The average Bonchev–Trinajstić information content (AvgIpc) is 2.87. The lowest BCUT2D eigenvalue weighted by Gasteiger charge is -2.18. The molecule has 3 rings (SSSR count). The Bertz CT molecular complexity index is 583. The highest BCUT2D eigenvalue weighted by molar-refractivity contribution is 9.10. The summed E-state index contributed by atoms with van der Waals surface area (Å²) in [6.07, 6.45) is 2.84. The van der Waals surface area contributed by atoms with Crippen molar-refractivity contribution in [3.63, 3.8) is 0 Å². The summed E-state index contributed by atoms with van der Waals surface area (Å²) in [5.74, 6) is 2.01. The van der Waals surface area contributed by atoms with Gasteiger partial charge in [-0.05, 0) is 45.3 Å². The van der Waals surface area contributed by atoms with Crippen molar-refractivity contribution >= 4 is 21.7 Å². The van der Waals surface area contributed by atoms with Gasteiger partial charge in [-0.1, -0.05) is 12.1 Å². The first-order valence-electron chi connectivity index (χ1n) is 6.30. The first-order chi connectivity index (χ1) is 9.22. The maximum Gasteiger partial charge on any atom is 0.128 e. The van der Waals surface area contributed by atoms with Crippen LogP contribution in [-0.2, 0) is 13.0 Å². The standard InChI is InChI=1S/C15H15BrN2O/c1-18(15-5-3-13(16)9-17-15)10-11-2-4-14-12(8-11)6-7-19-14/h2-5,8-9H,6-7,10H2,1H3. The highest BCUT2D eigenvalue weighted by Gasteiger charge is 2.12. The lowest BCUT2D eigenvalue weighted by molar-refractivity contribution is 0.357. The van der Waals surface area contributed by atoms with Gasteiger partial charge in [-0.15, -0.1) is 0 Å².